The summed E-state index contributed by atoms with van der Waals surface area (Å²) in [5.74, 6) is -0.239. The van der Waals surface area contributed by atoms with Gasteiger partial charge in [-0.05, 0) is 39.3 Å². The summed E-state index contributed by atoms with van der Waals surface area (Å²) in [6.45, 7) is 2.17. The van der Waals surface area contributed by atoms with Crippen molar-refractivity contribution in [3.05, 3.63) is 0 Å². The van der Waals surface area contributed by atoms with Gasteiger partial charge in [-0.25, -0.2) is 4.79 Å². The first-order valence-electron chi connectivity index (χ1n) is 7.16. The van der Waals surface area contributed by atoms with Gasteiger partial charge in [-0.15, -0.1) is 0 Å². The Hall–Kier alpha value is -1.14. The van der Waals surface area contributed by atoms with Crippen LogP contribution in [0.4, 0.5) is 4.79 Å². The standard InChI is InChI=1S/C13H24N4O2/c1-17(8-11-4-2-3-7-14-11)9-12(18)16-13(19)15-10-5-6-10/h10-11,14H,2-9H2,1H3,(H2,15,16,18,19). The number of piperidine rings is 1. The lowest BCUT2D eigenvalue weighted by molar-refractivity contribution is -0.120. The minimum Gasteiger partial charge on any atom is -0.335 e. The molecule has 1 atom stereocenters. The number of imide groups is 1. The van der Waals surface area contributed by atoms with Crippen LogP contribution in [-0.2, 0) is 4.79 Å². The SMILES string of the molecule is CN(CC(=O)NC(=O)NC1CC1)CC1CCCCN1. The molecule has 6 heteroatoms. The van der Waals surface area contributed by atoms with Crippen molar-refractivity contribution in [3.63, 3.8) is 0 Å². The average molecular weight is 268 g/mol. The van der Waals surface area contributed by atoms with Crippen LogP contribution in [0.15, 0.2) is 0 Å². The van der Waals surface area contributed by atoms with Crippen LogP contribution in [0.5, 0.6) is 0 Å². The summed E-state index contributed by atoms with van der Waals surface area (Å²) in [6, 6.07) is 0.375. The third kappa shape index (κ3) is 5.57. The first kappa shape index (κ1) is 14.3. The largest absolute Gasteiger partial charge is 0.335 e. The van der Waals surface area contributed by atoms with Gasteiger partial charge in [0.15, 0.2) is 0 Å². The number of hydrogen-bond donors (Lipinski definition) is 3. The van der Waals surface area contributed by atoms with Crippen molar-refractivity contribution in [2.45, 2.75) is 44.2 Å². The molecule has 3 N–H and O–H groups in total. The number of nitrogens with zero attached hydrogens (tertiary/aromatic N) is 1. The highest BCUT2D eigenvalue weighted by Crippen LogP contribution is 2.18. The zero-order chi connectivity index (χ0) is 13.7. The molecule has 1 aliphatic carbocycles. The van der Waals surface area contributed by atoms with E-state index in [1.54, 1.807) is 0 Å². The lowest BCUT2D eigenvalue weighted by Crippen LogP contribution is -2.47. The molecule has 0 aromatic rings. The van der Waals surface area contributed by atoms with Crippen LogP contribution in [0, 0.1) is 0 Å². The van der Waals surface area contributed by atoms with Gasteiger partial charge >= 0.3 is 6.03 Å². The van der Waals surface area contributed by atoms with Gasteiger partial charge in [-0.2, -0.15) is 0 Å². The maximum absolute atomic E-state index is 11.7. The van der Waals surface area contributed by atoms with Crippen LogP contribution in [0.25, 0.3) is 0 Å². The highest BCUT2D eigenvalue weighted by Gasteiger charge is 2.24. The third-order valence-corrected chi connectivity index (χ3v) is 3.52. The van der Waals surface area contributed by atoms with E-state index in [0.29, 0.717) is 6.04 Å². The van der Waals surface area contributed by atoms with E-state index in [0.717, 1.165) is 32.4 Å². The van der Waals surface area contributed by atoms with Crippen molar-refractivity contribution in [1.82, 2.24) is 20.9 Å². The number of hydrogen-bond acceptors (Lipinski definition) is 4. The second-order valence-corrected chi connectivity index (χ2v) is 5.64. The molecule has 2 rings (SSSR count). The zero-order valence-corrected chi connectivity index (χ0v) is 11.6. The lowest BCUT2D eigenvalue weighted by Gasteiger charge is -2.27. The van der Waals surface area contributed by atoms with Crippen molar-refractivity contribution >= 4 is 11.9 Å². The molecular formula is C13H24N4O2. The van der Waals surface area contributed by atoms with Crippen molar-refractivity contribution in [2.24, 2.45) is 0 Å². The number of urea groups is 1. The van der Waals surface area contributed by atoms with E-state index in [1.807, 2.05) is 11.9 Å². The van der Waals surface area contributed by atoms with Crippen molar-refractivity contribution in [1.29, 1.82) is 0 Å². The summed E-state index contributed by atoms with van der Waals surface area (Å²) in [5, 5.41) is 8.55. The van der Waals surface area contributed by atoms with E-state index in [-0.39, 0.29) is 24.5 Å². The Bertz CT molecular complexity index is 325. The number of carbonyl (C=O) groups excluding carboxylic acids is 2. The highest BCUT2D eigenvalue weighted by molar-refractivity contribution is 5.95. The van der Waals surface area contributed by atoms with Crippen molar-refractivity contribution in [3.8, 4) is 0 Å². The number of nitrogens with one attached hydrogen (secondary N) is 3. The maximum Gasteiger partial charge on any atom is 0.321 e. The molecule has 1 saturated carbocycles. The first-order valence-corrected chi connectivity index (χ1v) is 7.16. The third-order valence-electron chi connectivity index (χ3n) is 3.52. The number of likely N-dealkylation sites (N-methyl/N-ethyl adjacent to an activating group) is 1. The molecule has 19 heavy (non-hydrogen) atoms. The minimum atomic E-state index is -0.364. The van der Waals surface area contributed by atoms with Crippen LogP contribution >= 0.6 is 0 Å². The fraction of sp³-hybridized carbons (Fsp3) is 0.846. The van der Waals surface area contributed by atoms with E-state index in [1.165, 1.54) is 12.8 Å². The fourth-order valence-corrected chi connectivity index (χ4v) is 2.38. The van der Waals surface area contributed by atoms with E-state index >= 15 is 0 Å². The molecule has 0 spiro atoms. The monoisotopic (exact) mass is 268 g/mol. The summed E-state index contributed by atoms with van der Waals surface area (Å²) in [5.41, 5.74) is 0. The van der Waals surface area contributed by atoms with Gasteiger partial charge in [0.1, 0.15) is 0 Å². The Balaban J connectivity index is 1.61. The lowest BCUT2D eigenvalue weighted by atomic mass is 10.0. The highest BCUT2D eigenvalue weighted by atomic mass is 16.2. The number of amides is 3. The van der Waals surface area contributed by atoms with Gasteiger partial charge in [0.2, 0.25) is 5.91 Å². The molecular weight excluding hydrogens is 244 g/mol. The Labute approximate surface area is 114 Å². The molecule has 3 amide bonds. The van der Waals surface area contributed by atoms with E-state index in [2.05, 4.69) is 16.0 Å². The van der Waals surface area contributed by atoms with Gasteiger partial charge in [0, 0.05) is 18.6 Å². The molecule has 0 radical (unpaired) electrons. The van der Waals surface area contributed by atoms with Crippen LogP contribution in [-0.4, -0.2) is 55.6 Å². The molecule has 1 aliphatic heterocycles. The molecule has 0 aromatic heterocycles. The predicted molar refractivity (Wildman–Crippen MR) is 72.8 cm³/mol. The second kappa shape index (κ2) is 6.86. The van der Waals surface area contributed by atoms with E-state index in [4.69, 9.17) is 0 Å². The summed E-state index contributed by atoms with van der Waals surface area (Å²) in [7, 11) is 1.91. The Kier molecular flexibility index (Phi) is 5.15. The Morgan fingerprint density at radius 1 is 1.26 bits per heavy atom. The van der Waals surface area contributed by atoms with E-state index in [9.17, 15) is 9.59 Å². The molecule has 0 aromatic carbocycles. The van der Waals surface area contributed by atoms with Crippen LogP contribution < -0.4 is 16.0 Å². The van der Waals surface area contributed by atoms with Gasteiger partial charge < -0.3 is 10.6 Å². The Morgan fingerprint density at radius 2 is 2.05 bits per heavy atom. The number of carbonyl (C=O) groups is 2. The second-order valence-electron chi connectivity index (χ2n) is 5.64. The maximum atomic E-state index is 11.7. The van der Waals surface area contributed by atoms with Gasteiger partial charge in [-0.3, -0.25) is 15.0 Å². The average Bonchev–Trinajstić information content (AvgIpc) is 3.13. The van der Waals surface area contributed by atoms with Crippen LogP contribution in [0.2, 0.25) is 0 Å². The normalized spacial score (nSPS) is 23.2. The summed E-state index contributed by atoms with van der Waals surface area (Å²) >= 11 is 0. The summed E-state index contributed by atoms with van der Waals surface area (Å²) in [4.78, 5) is 25.0. The summed E-state index contributed by atoms with van der Waals surface area (Å²) in [6.07, 6.45) is 5.70. The van der Waals surface area contributed by atoms with Crippen molar-refractivity contribution in [2.75, 3.05) is 26.7 Å². The molecule has 6 nitrogen and oxygen atoms in total. The molecule has 108 valence electrons. The molecule has 1 unspecified atom stereocenters. The van der Waals surface area contributed by atoms with Gasteiger partial charge in [-0.1, -0.05) is 6.42 Å². The molecule has 1 heterocycles. The van der Waals surface area contributed by atoms with Crippen LogP contribution in [0.3, 0.4) is 0 Å². The predicted octanol–water partition coefficient (Wildman–Crippen LogP) is 0.0485. The number of rotatable bonds is 5. The zero-order valence-electron chi connectivity index (χ0n) is 11.6. The fourth-order valence-electron chi connectivity index (χ4n) is 2.38. The Morgan fingerprint density at radius 3 is 2.68 bits per heavy atom. The summed E-state index contributed by atoms with van der Waals surface area (Å²) < 4.78 is 0. The molecule has 2 aliphatic rings. The molecule has 1 saturated heterocycles. The quantitative estimate of drug-likeness (QED) is 0.659. The van der Waals surface area contributed by atoms with Crippen LogP contribution in [0.1, 0.15) is 32.1 Å². The molecule has 0 bridgehead atoms. The molecule has 2 fully saturated rings. The smallest absolute Gasteiger partial charge is 0.321 e. The first-order chi connectivity index (χ1) is 9.13. The van der Waals surface area contributed by atoms with Crippen molar-refractivity contribution < 1.29 is 9.59 Å². The van der Waals surface area contributed by atoms with Gasteiger partial charge in [0.25, 0.3) is 0 Å². The van der Waals surface area contributed by atoms with Gasteiger partial charge in [0.05, 0.1) is 6.54 Å². The topological polar surface area (TPSA) is 73.5 Å². The minimum absolute atomic E-state index is 0.239. The van der Waals surface area contributed by atoms with E-state index < -0.39 is 0 Å².